The molecular weight excluding hydrogens is 342 g/mol. The summed E-state index contributed by atoms with van der Waals surface area (Å²) in [5.41, 5.74) is 2.20. The molecule has 0 saturated heterocycles. The Balaban J connectivity index is 1.86. The topological polar surface area (TPSA) is 56.8 Å². The first-order valence-corrected chi connectivity index (χ1v) is 9.01. The minimum Gasteiger partial charge on any atom is -0.496 e. The third kappa shape index (κ3) is 6.00. The largest absolute Gasteiger partial charge is 0.496 e. The summed E-state index contributed by atoms with van der Waals surface area (Å²) in [7, 11) is 3.22. The quantitative estimate of drug-likeness (QED) is 0.765. The Morgan fingerprint density at radius 2 is 1.70 bits per heavy atom. The number of methoxy groups -OCH3 is 2. The molecule has 0 aliphatic carbocycles. The van der Waals surface area contributed by atoms with Gasteiger partial charge in [0.1, 0.15) is 17.6 Å². The molecule has 0 radical (unpaired) electrons. The minimum atomic E-state index is -0.295. The second kappa shape index (κ2) is 9.42. The molecule has 1 unspecified atom stereocenters. The first-order chi connectivity index (χ1) is 12.8. The SMILES string of the molecule is COc1ccccc1C(CNC(=O)COc1ccc(C(C)(C)C)cc1)OC. The van der Waals surface area contributed by atoms with E-state index < -0.39 is 0 Å². The van der Waals surface area contributed by atoms with Gasteiger partial charge in [-0.15, -0.1) is 0 Å². The summed E-state index contributed by atoms with van der Waals surface area (Å²) in [5, 5.41) is 2.84. The van der Waals surface area contributed by atoms with Crippen molar-refractivity contribution in [1.82, 2.24) is 5.32 Å². The molecule has 0 aliphatic rings. The molecule has 146 valence electrons. The van der Waals surface area contributed by atoms with Crippen LogP contribution >= 0.6 is 0 Å². The smallest absolute Gasteiger partial charge is 0.258 e. The molecule has 1 atom stereocenters. The van der Waals surface area contributed by atoms with Crippen LogP contribution in [0.25, 0.3) is 0 Å². The van der Waals surface area contributed by atoms with Gasteiger partial charge in [-0.2, -0.15) is 0 Å². The van der Waals surface area contributed by atoms with Crippen molar-refractivity contribution in [1.29, 1.82) is 0 Å². The van der Waals surface area contributed by atoms with Crippen molar-refractivity contribution in [3.63, 3.8) is 0 Å². The molecule has 0 bridgehead atoms. The van der Waals surface area contributed by atoms with Crippen LogP contribution in [0.2, 0.25) is 0 Å². The zero-order valence-corrected chi connectivity index (χ0v) is 16.7. The zero-order valence-electron chi connectivity index (χ0n) is 16.7. The van der Waals surface area contributed by atoms with Crippen molar-refractivity contribution < 1.29 is 19.0 Å². The van der Waals surface area contributed by atoms with Gasteiger partial charge in [0.05, 0.1) is 7.11 Å². The maximum Gasteiger partial charge on any atom is 0.258 e. The second-order valence-corrected chi connectivity index (χ2v) is 7.33. The summed E-state index contributed by atoms with van der Waals surface area (Å²) in [5.74, 6) is 1.20. The highest BCUT2D eigenvalue weighted by atomic mass is 16.5. The molecule has 1 N–H and O–H groups in total. The fraction of sp³-hybridized carbons (Fsp3) is 0.409. The van der Waals surface area contributed by atoms with Crippen LogP contribution in [0.15, 0.2) is 48.5 Å². The summed E-state index contributed by atoms with van der Waals surface area (Å²) in [6.45, 7) is 6.76. The number of para-hydroxylation sites is 1. The highest BCUT2D eigenvalue weighted by molar-refractivity contribution is 5.77. The van der Waals surface area contributed by atoms with Crippen LogP contribution in [-0.4, -0.2) is 33.3 Å². The molecule has 1 amide bonds. The maximum atomic E-state index is 12.1. The fourth-order valence-electron chi connectivity index (χ4n) is 2.71. The molecule has 0 saturated carbocycles. The van der Waals surface area contributed by atoms with E-state index in [0.717, 1.165) is 11.3 Å². The van der Waals surface area contributed by atoms with Crippen molar-refractivity contribution in [2.24, 2.45) is 0 Å². The Morgan fingerprint density at radius 3 is 2.30 bits per heavy atom. The molecule has 0 spiro atoms. The van der Waals surface area contributed by atoms with E-state index in [1.54, 1.807) is 14.2 Å². The lowest BCUT2D eigenvalue weighted by Crippen LogP contribution is -2.33. The predicted octanol–water partition coefficient (Wildman–Crippen LogP) is 3.88. The molecule has 0 aliphatic heterocycles. The van der Waals surface area contributed by atoms with Gasteiger partial charge in [0.25, 0.3) is 5.91 Å². The van der Waals surface area contributed by atoms with Gasteiger partial charge in [0.2, 0.25) is 0 Å². The molecule has 2 rings (SSSR count). The monoisotopic (exact) mass is 371 g/mol. The number of hydrogen-bond donors (Lipinski definition) is 1. The van der Waals surface area contributed by atoms with E-state index in [0.29, 0.717) is 12.3 Å². The first-order valence-electron chi connectivity index (χ1n) is 9.01. The number of ether oxygens (including phenoxy) is 3. The molecule has 0 fully saturated rings. The van der Waals surface area contributed by atoms with Crippen LogP contribution in [0.1, 0.15) is 38.0 Å². The van der Waals surface area contributed by atoms with Crippen LogP contribution in [0.4, 0.5) is 0 Å². The molecule has 0 aromatic heterocycles. The van der Waals surface area contributed by atoms with E-state index in [4.69, 9.17) is 14.2 Å². The Bertz CT molecular complexity index is 735. The lowest BCUT2D eigenvalue weighted by molar-refractivity contribution is -0.123. The van der Waals surface area contributed by atoms with Gasteiger partial charge in [0, 0.05) is 19.2 Å². The van der Waals surface area contributed by atoms with Crippen LogP contribution in [0.5, 0.6) is 11.5 Å². The van der Waals surface area contributed by atoms with E-state index in [-0.39, 0.29) is 24.0 Å². The third-order valence-electron chi connectivity index (χ3n) is 4.35. The van der Waals surface area contributed by atoms with E-state index in [9.17, 15) is 4.79 Å². The molecular formula is C22H29NO4. The Labute approximate surface area is 161 Å². The Kier molecular flexibility index (Phi) is 7.25. The second-order valence-electron chi connectivity index (χ2n) is 7.33. The van der Waals surface area contributed by atoms with Crippen LogP contribution in [-0.2, 0) is 14.9 Å². The fourth-order valence-corrected chi connectivity index (χ4v) is 2.71. The average Bonchev–Trinajstić information content (AvgIpc) is 2.66. The minimum absolute atomic E-state index is 0.0444. The van der Waals surface area contributed by atoms with Gasteiger partial charge in [-0.25, -0.2) is 0 Å². The third-order valence-corrected chi connectivity index (χ3v) is 4.35. The molecule has 27 heavy (non-hydrogen) atoms. The Hall–Kier alpha value is -2.53. The molecule has 5 heteroatoms. The summed E-state index contributed by atoms with van der Waals surface area (Å²) in [4.78, 5) is 12.1. The number of nitrogens with one attached hydrogen (secondary N) is 1. The molecule has 2 aromatic rings. The van der Waals surface area contributed by atoms with E-state index in [1.807, 2.05) is 48.5 Å². The van der Waals surface area contributed by atoms with Crippen molar-refractivity contribution in [2.45, 2.75) is 32.3 Å². The van der Waals surface area contributed by atoms with E-state index in [2.05, 4.69) is 26.1 Å². The van der Waals surface area contributed by atoms with Gasteiger partial charge >= 0.3 is 0 Å². The molecule has 5 nitrogen and oxygen atoms in total. The van der Waals surface area contributed by atoms with Crippen LogP contribution in [0.3, 0.4) is 0 Å². The number of amides is 1. The van der Waals surface area contributed by atoms with Crippen LogP contribution < -0.4 is 14.8 Å². The van der Waals surface area contributed by atoms with Crippen LogP contribution in [0, 0.1) is 0 Å². The number of rotatable bonds is 8. The summed E-state index contributed by atoms with van der Waals surface area (Å²) in [6, 6.07) is 15.4. The average molecular weight is 371 g/mol. The number of hydrogen-bond acceptors (Lipinski definition) is 4. The number of benzene rings is 2. The van der Waals surface area contributed by atoms with Crippen molar-refractivity contribution in [3.05, 3.63) is 59.7 Å². The summed E-state index contributed by atoms with van der Waals surface area (Å²) >= 11 is 0. The number of carbonyl (C=O) groups is 1. The molecule has 0 heterocycles. The van der Waals surface area contributed by atoms with Gasteiger partial charge in [-0.05, 0) is 29.2 Å². The normalized spacial score (nSPS) is 12.3. The van der Waals surface area contributed by atoms with Gasteiger partial charge in [-0.3, -0.25) is 4.79 Å². The standard InChI is InChI=1S/C22H29NO4/c1-22(2,3)16-10-12-17(13-11-16)27-15-21(24)23-14-20(26-5)18-8-6-7-9-19(18)25-4/h6-13,20H,14-15H2,1-5H3,(H,23,24). The van der Waals surface area contributed by atoms with E-state index in [1.165, 1.54) is 5.56 Å². The highest BCUT2D eigenvalue weighted by Crippen LogP contribution is 2.26. The van der Waals surface area contributed by atoms with Crippen molar-refractivity contribution in [2.75, 3.05) is 27.4 Å². The van der Waals surface area contributed by atoms with Gasteiger partial charge in [0.15, 0.2) is 6.61 Å². The van der Waals surface area contributed by atoms with Gasteiger partial charge < -0.3 is 19.5 Å². The summed E-state index contributed by atoms with van der Waals surface area (Å²) in [6.07, 6.45) is -0.295. The molecule has 2 aromatic carbocycles. The van der Waals surface area contributed by atoms with E-state index >= 15 is 0 Å². The lowest BCUT2D eigenvalue weighted by Gasteiger charge is -2.20. The lowest BCUT2D eigenvalue weighted by atomic mass is 9.87. The Morgan fingerprint density at radius 1 is 1.04 bits per heavy atom. The predicted molar refractivity (Wildman–Crippen MR) is 106 cm³/mol. The number of carbonyl (C=O) groups excluding carboxylic acids is 1. The first kappa shape index (κ1) is 20.8. The van der Waals surface area contributed by atoms with Crippen molar-refractivity contribution >= 4 is 5.91 Å². The zero-order chi connectivity index (χ0) is 19.9. The highest BCUT2D eigenvalue weighted by Gasteiger charge is 2.17. The van der Waals surface area contributed by atoms with Crippen molar-refractivity contribution in [3.8, 4) is 11.5 Å². The maximum absolute atomic E-state index is 12.1. The van der Waals surface area contributed by atoms with Gasteiger partial charge in [-0.1, -0.05) is 51.1 Å². The summed E-state index contributed by atoms with van der Waals surface area (Å²) < 4.78 is 16.4.